The predicted molar refractivity (Wildman–Crippen MR) is 89.9 cm³/mol. The molecule has 1 N–H and O–H groups in total. The molecule has 0 aromatic heterocycles. The summed E-state index contributed by atoms with van der Waals surface area (Å²) in [7, 11) is 0. The molecule has 110 valence electrons. The molecule has 3 rings (SSSR count). The van der Waals surface area contributed by atoms with Gasteiger partial charge in [0.2, 0.25) is 0 Å². The van der Waals surface area contributed by atoms with Crippen molar-refractivity contribution in [3.8, 4) is 0 Å². The van der Waals surface area contributed by atoms with Crippen molar-refractivity contribution in [2.75, 3.05) is 0 Å². The van der Waals surface area contributed by atoms with Crippen LogP contribution in [0.3, 0.4) is 0 Å². The molecule has 2 aromatic carbocycles. The molecule has 0 amide bonds. The molecule has 1 aliphatic carbocycles. The van der Waals surface area contributed by atoms with E-state index in [1.165, 1.54) is 24.0 Å². The zero-order valence-electron chi connectivity index (χ0n) is 12.0. The Bertz CT molecular complexity index is 605. The summed E-state index contributed by atoms with van der Waals surface area (Å²) in [6.07, 6.45) is 2.59. The maximum Gasteiger partial charge on any atom is 0.0409 e. The first kappa shape index (κ1) is 14.9. The summed E-state index contributed by atoms with van der Waals surface area (Å²) in [4.78, 5) is 0. The summed E-state index contributed by atoms with van der Waals surface area (Å²) in [6.45, 7) is 2.19. The summed E-state index contributed by atoms with van der Waals surface area (Å²) in [6, 6.07) is 16.9. The SMILES string of the molecule is CC(NC(c1ccc(Cl)cc1)C1CC1)c1cccc(Cl)c1. The molecule has 0 radical (unpaired) electrons. The van der Waals surface area contributed by atoms with Gasteiger partial charge in [0.15, 0.2) is 0 Å². The first-order chi connectivity index (χ1) is 10.1. The summed E-state index contributed by atoms with van der Waals surface area (Å²) >= 11 is 12.1. The van der Waals surface area contributed by atoms with Gasteiger partial charge in [-0.25, -0.2) is 0 Å². The first-order valence-corrected chi connectivity index (χ1v) is 8.16. The van der Waals surface area contributed by atoms with Crippen molar-refractivity contribution in [1.82, 2.24) is 5.32 Å². The molecule has 0 aliphatic heterocycles. The lowest BCUT2D eigenvalue weighted by Crippen LogP contribution is -2.26. The second kappa shape index (κ2) is 6.39. The van der Waals surface area contributed by atoms with Crippen LogP contribution in [0.2, 0.25) is 10.0 Å². The summed E-state index contributed by atoms with van der Waals surface area (Å²) in [5.74, 6) is 0.729. The van der Waals surface area contributed by atoms with E-state index in [0.29, 0.717) is 6.04 Å². The highest BCUT2D eigenvalue weighted by Gasteiger charge is 2.33. The number of halogens is 2. The third-order valence-corrected chi connectivity index (χ3v) is 4.59. The maximum absolute atomic E-state index is 6.09. The van der Waals surface area contributed by atoms with Gasteiger partial charge in [0.1, 0.15) is 0 Å². The molecule has 2 aromatic rings. The fraction of sp³-hybridized carbons (Fsp3) is 0.333. The molecule has 0 heterocycles. The zero-order valence-corrected chi connectivity index (χ0v) is 13.5. The van der Waals surface area contributed by atoms with Gasteiger partial charge < -0.3 is 5.32 Å². The monoisotopic (exact) mass is 319 g/mol. The molecule has 21 heavy (non-hydrogen) atoms. The predicted octanol–water partition coefficient (Wildman–Crippen LogP) is 5.80. The van der Waals surface area contributed by atoms with E-state index < -0.39 is 0 Å². The standard InChI is InChI=1S/C18H19Cl2N/c1-12(15-3-2-4-17(20)11-15)21-18(13-5-6-13)14-7-9-16(19)10-8-14/h2-4,7-13,18,21H,5-6H2,1H3. The van der Waals surface area contributed by atoms with Crippen LogP contribution in [-0.4, -0.2) is 0 Å². The Morgan fingerprint density at radius 2 is 1.67 bits per heavy atom. The summed E-state index contributed by atoms with van der Waals surface area (Å²) < 4.78 is 0. The van der Waals surface area contributed by atoms with E-state index in [1.54, 1.807) is 0 Å². The molecule has 0 spiro atoms. The Balaban J connectivity index is 1.77. The molecular formula is C18H19Cl2N. The summed E-state index contributed by atoms with van der Waals surface area (Å²) in [5.41, 5.74) is 2.54. The van der Waals surface area contributed by atoms with Gasteiger partial charge in [0.25, 0.3) is 0 Å². The maximum atomic E-state index is 6.09. The van der Waals surface area contributed by atoms with Crippen LogP contribution in [0, 0.1) is 5.92 Å². The van der Waals surface area contributed by atoms with Crippen molar-refractivity contribution in [3.63, 3.8) is 0 Å². The lowest BCUT2D eigenvalue weighted by molar-refractivity contribution is 0.427. The van der Waals surface area contributed by atoms with E-state index in [0.717, 1.165) is 16.0 Å². The van der Waals surface area contributed by atoms with Crippen molar-refractivity contribution >= 4 is 23.2 Å². The van der Waals surface area contributed by atoms with E-state index in [4.69, 9.17) is 23.2 Å². The van der Waals surface area contributed by atoms with Gasteiger partial charge in [-0.05, 0) is 61.1 Å². The lowest BCUT2D eigenvalue weighted by Gasteiger charge is -2.24. The fourth-order valence-corrected chi connectivity index (χ4v) is 3.07. The van der Waals surface area contributed by atoms with Gasteiger partial charge in [-0.2, -0.15) is 0 Å². The van der Waals surface area contributed by atoms with Crippen molar-refractivity contribution in [2.45, 2.75) is 31.8 Å². The molecule has 1 saturated carbocycles. The van der Waals surface area contributed by atoms with Crippen LogP contribution in [0.15, 0.2) is 48.5 Å². The third kappa shape index (κ3) is 3.79. The van der Waals surface area contributed by atoms with Crippen molar-refractivity contribution < 1.29 is 0 Å². The molecule has 1 nitrogen and oxygen atoms in total. The Labute approximate surface area is 136 Å². The average Bonchev–Trinajstić information content (AvgIpc) is 3.30. The molecule has 0 bridgehead atoms. The van der Waals surface area contributed by atoms with E-state index in [1.807, 2.05) is 30.3 Å². The van der Waals surface area contributed by atoms with Gasteiger partial charge in [-0.1, -0.05) is 47.5 Å². The number of benzene rings is 2. The highest BCUT2D eigenvalue weighted by Crippen LogP contribution is 2.42. The molecule has 2 unspecified atom stereocenters. The van der Waals surface area contributed by atoms with Crippen LogP contribution in [0.4, 0.5) is 0 Å². The van der Waals surface area contributed by atoms with E-state index in [-0.39, 0.29) is 6.04 Å². The number of hydrogen-bond donors (Lipinski definition) is 1. The van der Waals surface area contributed by atoms with Crippen molar-refractivity contribution in [1.29, 1.82) is 0 Å². The lowest BCUT2D eigenvalue weighted by atomic mass is 9.99. The van der Waals surface area contributed by atoms with E-state index in [9.17, 15) is 0 Å². The topological polar surface area (TPSA) is 12.0 Å². The van der Waals surface area contributed by atoms with Crippen LogP contribution < -0.4 is 5.32 Å². The van der Waals surface area contributed by atoms with Gasteiger partial charge in [0, 0.05) is 22.1 Å². The fourth-order valence-electron chi connectivity index (χ4n) is 2.75. The minimum absolute atomic E-state index is 0.268. The quantitative estimate of drug-likeness (QED) is 0.734. The molecule has 3 heteroatoms. The van der Waals surface area contributed by atoms with Crippen LogP contribution >= 0.6 is 23.2 Å². The van der Waals surface area contributed by atoms with Crippen LogP contribution in [0.5, 0.6) is 0 Å². The summed E-state index contributed by atoms with van der Waals surface area (Å²) in [5, 5.41) is 5.33. The van der Waals surface area contributed by atoms with Crippen LogP contribution in [-0.2, 0) is 0 Å². The Kier molecular flexibility index (Phi) is 4.54. The number of rotatable bonds is 5. The molecule has 1 fully saturated rings. The second-order valence-electron chi connectivity index (χ2n) is 5.81. The highest BCUT2D eigenvalue weighted by molar-refractivity contribution is 6.30. The third-order valence-electron chi connectivity index (χ3n) is 4.10. The minimum Gasteiger partial charge on any atom is -0.303 e. The molecular weight excluding hydrogens is 301 g/mol. The van der Waals surface area contributed by atoms with Crippen LogP contribution in [0.25, 0.3) is 0 Å². The smallest absolute Gasteiger partial charge is 0.0409 e. The largest absolute Gasteiger partial charge is 0.303 e. The van der Waals surface area contributed by atoms with Gasteiger partial charge in [0.05, 0.1) is 0 Å². The van der Waals surface area contributed by atoms with Crippen molar-refractivity contribution in [3.05, 3.63) is 69.7 Å². The van der Waals surface area contributed by atoms with E-state index in [2.05, 4.69) is 30.4 Å². The molecule has 1 aliphatic rings. The molecule has 0 saturated heterocycles. The molecule has 2 atom stereocenters. The van der Waals surface area contributed by atoms with E-state index >= 15 is 0 Å². The normalized spacial score (nSPS) is 17.5. The van der Waals surface area contributed by atoms with Gasteiger partial charge in [-0.15, -0.1) is 0 Å². The Morgan fingerprint density at radius 3 is 2.29 bits per heavy atom. The number of hydrogen-bond acceptors (Lipinski definition) is 1. The Morgan fingerprint density at radius 1 is 0.952 bits per heavy atom. The van der Waals surface area contributed by atoms with Crippen LogP contribution in [0.1, 0.15) is 43.0 Å². The first-order valence-electron chi connectivity index (χ1n) is 7.40. The van der Waals surface area contributed by atoms with Gasteiger partial charge in [-0.3, -0.25) is 0 Å². The minimum atomic E-state index is 0.268. The second-order valence-corrected chi connectivity index (χ2v) is 6.68. The number of nitrogens with one attached hydrogen (secondary N) is 1. The Hall–Kier alpha value is -1.02. The average molecular weight is 320 g/mol. The van der Waals surface area contributed by atoms with Crippen molar-refractivity contribution in [2.24, 2.45) is 5.92 Å². The zero-order chi connectivity index (χ0) is 14.8. The van der Waals surface area contributed by atoms with Gasteiger partial charge >= 0.3 is 0 Å². The highest BCUT2D eigenvalue weighted by atomic mass is 35.5.